The number of anilines is 1. The van der Waals surface area contributed by atoms with Crippen molar-refractivity contribution in [2.24, 2.45) is 0 Å². The molecule has 1 atom stereocenters. The quantitative estimate of drug-likeness (QED) is 0.678. The van der Waals surface area contributed by atoms with Crippen molar-refractivity contribution >= 4 is 22.5 Å². The highest BCUT2D eigenvalue weighted by molar-refractivity contribution is 6.09. The molecular weight excluding hydrogens is 314 g/mol. The molecule has 0 aliphatic heterocycles. The first-order chi connectivity index (χ1) is 11.3. The number of fused-ring (bicyclic) bond motifs is 1. The molecule has 3 aromatic rings. The van der Waals surface area contributed by atoms with Gasteiger partial charge in [-0.05, 0) is 43.2 Å². The number of aliphatic hydroxyl groups excluding tert-OH is 1. The maximum atomic E-state index is 13.4. The standard InChI is InChI=1S/C18H16F2N2O2/c1-9-3-11(10(2)23)5-12(4-9)18(24)22-17-8-21-16-7-15(20)14(19)6-13(16)17/h3-8,10,21,23H,1-2H3,(H,22,24). The summed E-state index contributed by atoms with van der Waals surface area (Å²) >= 11 is 0. The van der Waals surface area contributed by atoms with Gasteiger partial charge in [0.25, 0.3) is 5.91 Å². The number of nitrogens with one attached hydrogen (secondary N) is 2. The van der Waals surface area contributed by atoms with E-state index in [9.17, 15) is 18.7 Å². The number of amides is 1. The number of H-pyrrole nitrogens is 1. The lowest BCUT2D eigenvalue weighted by Crippen LogP contribution is -2.12. The van der Waals surface area contributed by atoms with Gasteiger partial charge in [-0.3, -0.25) is 4.79 Å². The van der Waals surface area contributed by atoms with Gasteiger partial charge in [-0.15, -0.1) is 0 Å². The fraction of sp³-hybridized carbons (Fsp3) is 0.167. The first kappa shape index (κ1) is 16.1. The zero-order valence-electron chi connectivity index (χ0n) is 13.2. The lowest BCUT2D eigenvalue weighted by Gasteiger charge is -2.10. The third kappa shape index (κ3) is 3.00. The van der Waals surface area contributed by atoms with E-state index in [4.69, 9.17) is 0 Å². The summed E-state index contributed by atoms with van der Waals surface area (Å²) in [5.74, 6) is -2.33. The fourth-order valence-electron chi connectivity index (χ4n) is 2.60. The molecule has 2 aromatic carbocycles. The van der Waals surface area contributed by atoms with E-state index >= 15 is 0 Å². The minimum absolute atomic E-state index is 0.356. The highest BCUT2D eigenvalue weighted by Gasteiger charge is 2.14. The second-order valence-electron chi connectivity index (χ2n) is 5.78. The highest BCUT2D eigenvalue weighted by Crippen LogP contribution is 2.26. The van der Waals surface area contributed by atoms with Gasteiger partial charge in [0.15, 0.2) is 11.6 Å². The molecule has 0 aliphatic carbocycles. The van der Waals surface area contributed by atoms with Crippen LogP contribution >= 0.6 is 0 Å². The predicted octanol–water partition coefficient (Wildman–Crippen LogP) is 4.06. The van der Waals surface area contributed by atoms with Crippen molar-refractivity contribution in [1.82, 2.24) is 4.98 Å². The van der Waals surface area contributed by atoms with E-state index in [1.807, 2.05) is 6.92 Å². The van der Waals surface area contributed by atoms with Crippen molar-refractivity contribution in [2.75, 3.05) is 5.32 Å². The van der Waals surface area contributed by atoms with Gasteiger partial charge in [-0.1, -0.05) is 6.07 Å². The molecule has 124 valence electrons. The number of aryl methyl sites for hydroxylation is 1. The monoisotopic (exact) mass is 330 g/mol. The zero-order chi connectivity index (χ0) is 17.4. The van der Waals surface area contributed by atoms with Crippen LogP contribution in [0.3, 0.4) is 0 Å². The average molecular weight is 330 g/mol. The largest absolute Gasteiger partial charge is 0.389 e. The molecule has 1 amide bonds. The molecule has 1 aromatic heterocycles. The van der Waals surface area contributed by atoms with Gasteiger partial charge in [0.05, 0.1) is 17.3 Å². The molecule has 1 heterocycles. The summed E-state index contributed by atoms with van der Waals surface area (Å²) in [4.78, 5) is 15.3. The van der Waals surface area contributed by atoms with Crippen LogP contribution in [0.15, 0.2) is 36.5 Å². The molecule has 0 saturated heterocycles. The van der Waals surface area contributed by atoms with Gasteiger partial charge in [-0.2, -0.15) is 0 Å². The molecule has 24 heavy (non-hydrogen) atoms. The highest BCUT2D eigenvalue weighted by atomic mass is 19.2. The summed E-state index contributed by atoms with van der Waals surface area (Å²) in [5, 5.41) is 12.8. The first-order valence-electron chi connectivity index (χ1n) is 7.42. The molecule has 6 heteroatoms. The van der Waals surface area contributed by atoms with E-state index in [-0.39, 0.29) is 0 Å². The summed E-state index contributed by atoms with van der Waals surface area (Å²) in [6.07, 6.45) is 0.786. The summed E-state index contributed by atoms with van der Waals surface area (Å²) in [6, 6.07) is 7.16. The van der Waals surface area contributed by atoms with Crippen molar-refractivity contribution in [3.05, 3.63) is 64.9 Å². The van der Waals surface area contributed by atoms with Crippen molar-refractivity contribution < 1.29 is 18.7 Å². The lowest BCUT2D eigenvalue weighted by atomic mass is 10.0. The summed E-state index contributed by atoms with van der Waals surface area (Å²) in [5.41, 5.74) is 2.59. The molecule has 0 bridgehead atoms. The van der Waals surface area contributed by atoms with Crippen LogP contribution in [-0.2, 0) is 0 Å². The van der Waals surface area contributed by atoms with Crippen LogP contribution in [0.1, 0.15) is 34.5 Å². The third-order valence-electron chi connectivity index (χ3n) is 3.82. The van der Waals surface area contributed by atoms with E-state index < -0.39 is 23.6 Å². The number of aliphatic hydroxyl groups is 1. The smallest absolute Gasteiger partial charge is 0.255 e. The number of benzene rings is 2. The SMILES string of the molecule is Cc1cc(C(=O)Nc2c[nH]c3cc(F)c(F)cc23)cc(C(C)O)c1. The Bertz CT molecular complexity index is 932. The van der Waals surface area contributed by atoms with Crippen LogP contribution in [0.2, 0.25) is 0 Å². The fourth-order valence-corrected chi connectivity index (χ4v) is 2.60. The summed E-state index contributed by atoms with van der Waals surface area (Å²) in [7, 11) is 0. The van der Waals surface area contributed by atoms with E-state index in [1.54, 1.807) is 25.1 Å². The Kier molecular flexibility index (Phi) is 4.07. The molecule has 0 saturated carbocycles. The predicted molar refractivity (Wildman–Crippen MR) is 88.0 cm³/mol. The van der Waals surface area contributed by atoms with E-state index in [0.29, 0.717) is 27.7 Å². The number of hydrogen-bond acceptors (Lipinski definition) is 2. The van der Waals surface area contributed by atoms with Gasteiger partial charge in [0.2, 0.25) is 0 Å². The second-order valence-corrected chi connectivity index (χ2v) is 5.78. The Hall–Kier alpha value is -2.73. The van der Waals surface area contributed by atoms with Crippen LogP contribution < -0.4 is 5.32 Å². The summed E-state index contributed by atoms with van der Waals surface area (Å²) in [6.45, 7) is 3.44. The molecular formula is C18H16F2N2O2. The Morgan fingerprint density at radius 1 is 1.17 bits per heavy atom. The molecule has 0 spiro atoms. The van der Waals surface area contributed by atoms with Crippen LogP contribution in [0, 0.1) is 18.6 Å². The van der Waals surface area contributed by atoms with Crippen molar-refractivity contribution in [2.45, 2.75) is 20.0 Å². The van der Waals surface area contributed by atoms with Gasteiger partial charge in [0, 0.05) is 23.2 Å². The molecule has 3 rings (SSSR count). The normalized spacial score (nSPS) is 12.4. The van der Waals surface area contributed by atoms with Crippen molar-refractivity contribution in [3.8, 4) is 0 Å². The average Bonchev–Trinajstić information content (AvgIpc) is 2.89. The number of carbonyl (C=O) groups is 1. The van der Waals surface area contributed by atoms with Crippen molar-refractivity contribution in [3.63, 3.8) is 0 Å². The van der Waals surface area contributed by atoms with Gasteiger partial charge in [0.1, 0.15) is 0 Å². The zero-order valence-corrected chi connectivity index (χ0v) is 13.2. The van der Waals surface area contributed by atoms with E-state index in [0.717, 1.165) is 17.7 Å². The first-order valence-corrected chi connectivity index (χ1v) is 7.42. The molecule has 4 nitrogen and oxygen atoms in total. The van der Waals surface area contributed by atoms with Crippen LogP contribution in [0.5, 0.6) is 0 Å². The minimum atomic E-state index is -0.982. The lowest BCUT2D eigenvalue weighted by molar-refractivity contribution is 0.102. The van der Waals surface area contributed by atoms with Crippen molar-refractivity contribution in [1.29, 1.82) is 0 Å². The molecule has 1 unspecified atom stereocenters. The maximum Gasteiger partial charge on any atom is 0.255 e. The summed E-state index contributed by atoms with van der Waals surface area (Å²) < 4.78 is 26.7. The number of hydrogen-bond donors (Lipinski definition) is 3. The molecule has 0 fully saturated rings. The Balaban J connectivity index is 1.94. The van der Waals surface area contributed by atoms with Gasteiger partial charge < -0.3 is 15.4 Å². The maximum absolute atomic E-state index is 13.4. The van der Waals surface area contributed by atoms with E-state index in [1.165, 1.54) is 6.20 Å². The van der Waals surface area contributed by atoms with Crippen LogP contribution in [0.25, 0.3) is 10.9 Å². The number of aromatic amines is 1. The topological polar surface area (TPSA) is 65.1 Å². The second kappa shape index (κ2) is 6.05. The number of rotatable bonds is 3. The number of halogens is 2. The van der Waals surface area contributed by atoms with Crippen LogP contribution in [-0.4, -0.2) is 16.0 Å². The molecule has 0 aliphatic rings. The third-order valence-corrected chi connectivity index (χ3v) is 3.82. The Morgan fingerprint density at radius 3 is 2.58 bits per heavy atom. The van der Waals surface area contributed by atoms with Gasteiger partial charge >= 0.3 is 0 Å². The minimum Gasteiger partial charge on any atom is -0.389 e. The Morgan fingerprint density at radius 2 is 1.88 bits per heavy atom. The number of aromatic nitrogens is 1. The van der Waals surface area contributed by atoms with Crippen LogP contribution in [0.4, 0.5) is 14.5 Å². The Labute approximate surface area is 137 Å². The van der Waals surface area contributed by atoms with Gasteiger partial charge in [-0.25, -0.2) is 8.78 Å². The number of carbonyl (C=O) groups excluding carboxylic acids is 1. The van der Waals surface area contributed by atoms with E-state index in [2.05, 4.69) is 10.3 Å². The molecule has 3 N–H and O–H groups in total. The molecule has 0 radical (unpaired) electrons.